The predicted molar refractivity (Wildman–Crippen MR) is 568 cm³/mol. The normalized spacial score (nSPS) is 19.6. The van der Waals surface area contributed by atoms with Gasteiger partial charge in [0.1, 0.15) is 27.9 Å². The molecule has 0 spiro atoms. The maximum absolute atomic E-state index is 6.99. The van der Waals surface area contributed by atoms with E-state index >= 15 is 0 Å². The molecule has 6 aromatic heterocycles. The Morgan fingerprint density at radius 2 is 0.649 bits per heavy atom. The Morgan fingerprint density at radius 3 is 1.12 bits per heavy atom. The number of benzene rings is 14. The fourth-order valence-corrected chi connectivity index (χ4v) is 26.5. The number of fused-ring (bicyclic) bond motifs is 30. The third-order valence-electron chi connectivity index (χ3n) is 33.7. The van der Waals surface area contributed by atoms with Crippen molar-refractivity contribution in [2.75, 3.05) is 19.6 Å². The van der Waals surface area contributed by atoms with Gasteiger partial charge in [0.2, 0.25) is 11.4 Å². The topological polar surface area (TPSA) is 75.4 Å². The molecule has 14 aromatic carbocycles. The zero-order chi connectivity index (χ0) is 89.6. The number of hydrogen-bond donors (Lipinski definition) is 0. The minimum absolute atomic E-state index is 0. The monoisotopic (exact) mass is 1750 g/mol. The van der Waals surface area contributed by atoms with E-state index in [4.69, 9.17) is 17.7 Å². The molecule has 134 heavy (non-hydrogen) atoms. The van der Waals surface area contributed by atoms with Crippen LogP contribution in [0, 0.1) is 0 Å². The van der Waals surface area contributed by atoms with E-state index < -0.39 is 0 Å². The molecule has 2 fully saturated rings. The van der Waals surface area contributed by atoms with Crippen molar-refractivity contribution in [1.29, 1.82) is 0 Å². The Kier molecular flexibility index (Phi) is 17.1. The average Bonchev–Trinajstić information content (AvgIpc) is 1.47. The van der Waals surface area contributed by atoms with E-state index in [1.807, 2.05) is 0 Å². The Hall–Kier alpha value is -13.3. The molecule has 6 aliphatic heterocycles. The van der Waals surface area contributed by atoms with E-state index in [0.717, 1.165) is 101 Å². The molecule has 2 aliphatic carbocycles. The molecule has 0 saturated heterocycles. The zero-order valence-corrected chi connectivity index (χ0v) is 78.5. The summed E-state index contributed by atoms with van der Waals surface area (Å²) in [4.78, 5) is 10.7. The summed E-state index contributed by atoms with van der Waals surface area (Å²) in [7, 11) is 0. The van der Waals surface area contributed by atoms with Gasteiger partial charge in [-0.15, -0.1) is 0 Å². The Morgan fingerprint density at radius 1 is 0.276 bits per heavy atom. The molecule has 0 N–H and O–H groups in total. The highest BCUT2D eigenvalue weighted by Crippen LogP contribution is 2.65. The van der Waals surface area contributed by atoms with Crippen molar-refractivity contribution in [3.05, 3.63) is 300 Å². The first-order valence-corrected chi connectivity index (χ1v) is 48.4. The Balaban J connectivity index is 0.000000141. The summed E-state index contributed by atoms with van der Waals surface area (Å²) in [6.07, 6.45) is 9.61. The molecular formula is C122H116B2N6O4. The molecule has 4 unspecified atom stereocenters. The van der Waals surface area contributed by atoms with Crippen LogP contribution in [-0.4, -0.2) is 33.6 Å². The van der Waals surface area contributed by atoms with Crippen LogP contribution in [0.1, 0.15) is 210 Å². The minimum atomic E-state index is -0.151. The summed E-state index contributed by atoms with van der Waals surface area (Å²) in [5.41, 5.74) is 40.1. The molecule has 0 amide bonds. The van der Waals surface area contributed by atoms with Crippen LogP contribution < -0.4 is 52.4 Å². The summed E-state index contributed by atoms with van der Waals surface area (Å²) in [6.45, 7) is 38.4. The molecule has 10 nitrogen and oxygen atoms in total. The maximum atomic E-state index is 6.99. The second-order valence-corrected chi connectivity index (χ2v) is 44.9. The van der Waals surface area contributed by atoms with E-state index in [-0.39, 0.29) is 71.8 Å². The van der Waals surface area contributed by atoms with E-state index in [9.17, 15) is 0 Å². The summed E-state index contributed by atoms with van der Waals surface area (Å²) in [6, 6.07) is 101. The lowest BCUT2D eigenvalue weighted by Crippen LogP contribution is -2.60. The first-order chi connectivity index (χ1) is 63.5. The van der Waals surface area contributed by atoms with Crippen molar-refractivity contribution in [3.8, 4) is 11.4 Å². The Bertz CT molecular complexity index is 8500. The smallest absolute Gasteiger partial charge is 0.252 e. The van der Waals surface area contributed by atoms with E-state index in [1.54, 1.807) is 0 Å². The standard InChI is InChI=1S/2C60H54BN3O2.2CH4/c1-57(2,3)35-25-28-44-41(31-35)59(7)29-13-14-30-60(59,8)64(44)37-26-27-42-46(34-37)62(45-21-16-24-51-53(45)39-18-10-11-22-49(39)65-51)47-32-36(58(4,5)6)33-48-54(47)61(42)43-20-15-19-40-52-38-17-9-12-23-50(38)66-56(52)63(48)55(40)43;1-57(2,3)35-25-28-45-42(31-35)59(7)29-13-14-30-60(59,8)64(45)37-26-27-43-47(34-37)62(46-22-16-19-39-38-17-9-11-23-50(38)65-55(39)46)48-32-36(58(4,5)6)33-49-53(48)61(43)44-21-15-20-41-52-40-18-10-12-24-51(40)66-56(52)63(49)54(41)44;;/h2*9-12,15-28,31-34H,13-14,29-30H2,1-8H3;2*1H4. The van der Waals surface area contributed by atoms with Gasteiger partial charge in [-0.25, -0.2) is 0 Å². The molecule has 0 bridgehead atoms. The summed E-state index contributed by atoms with van der Waals surface area (Å²) in [5, 5.41) is 11.7. The highest BCUT2D eigenvalue weighted by molar-refractivity contribution is 7.01. The van der Waals surface area contributed by atoms with Gasteiger partial charge in [-0.3, -0.25) is 9.13 Å². The Labute approximate surface area is 786 Å². The van der Waals surface area contributed by atoms with Crippen LogP contribution in [-0.2, 0) is 32.5 Å². The second kappa shape index (κ2) is 27.7. The highest BCUT2D eigenvalue weighted by atomic mass is 16.4. The van der Waals surface area contributed by atoms with Gasteiger partial charge >= 0.3 is 0 Å². The molecule has 2 saturated carbocycles. The molecule has 28 rings (SSSR count). The van der Waals surface area contributed by atoms with E-state index in [0.29, 0.717) is 0 Å². The number of hydrogen-bond acceptors (Lipinski definition) is 8. The number of rotatable bonds is 4. The van der Waals surface area contributed by atoms with Crippen molar-refractivity contribution < 1.29 is 17.7 Å². The number of furan rings is 4. The molecule has 20 aromatic rings. The third kappa shape index (κ3) is 10.8. The van der Waals surface area contributed by atoms with Crippen LogP contribution in [0.3, 0.4) is 0 Å². The summed E-state index contributed by atoms with van der Waals surface area (Å²) in [5.74, 6) is 0. The van der Waals surface area contributed by atoms with Crippen LogP contribution in [0.4, 0.5) is 56.9 Å². The van der Waals surface area contributed by atoms with Crippen LogP contribution in [0.5, 0.6) is 0 Å². The second-order valence-electron chi connectivity index (χ2n) is 44.9. The van der Waals surface area contributed by atoms with Crippen LogP contribution in [0.2, 0.25) is 0 Å². The SMILES string of the molecule is C.C.CC(C)(C)c1cc2c3c(c1)-n1c4oc5ccccc5c4c4cccc(c41)B3c1ccc(N3c4ccc(C(C)(C)C)cc4C4(C)CCCCC34C)cc1N2c1cccc2c1oc1ccccc12.CC(C)(C)c1cc2c3c(c1)-n1c4oc5ccccc5c4c4cccc(c41)B3c1ccc(N3c4ccc(C(C)(C)C)cc4C4(C)CCCCC34C)cc1N2c1cccc2oc3ccccc3c12. The molecule has 12 heterocycles. The molecule has 0 radical (unpaired) electrons. The van der Waals surface area contributed by atoms with Crippen molar-refractivity contribution >= 4 is 213 Å². The predicted octanol–water partition coefficient (Wildman–Crippen LogP) is 30.0. The fourth-order valence-electron chi connectivity index (χ4n) is 26.5. The summed E-state index contributed by atoms with van der Waals surface area (Å²) < 4.78 is 32.5. The number of aromatic nitrogens is 2. The van der Waals surface area contributed by atoms with Gasteiger partial charge in [-0.2, -0.15) is 0 Å². The zero-order valence-electron chi connectivity index (χ0n) is 78.5. The van der Waals surface area contributed by atoms with Crippen molar-refractivity contribution in [2.24, 2.45) is 0 Å². The average molecular weight is 1750 g/mol. The lowest BCUT2D eigenvalue weighted by Gasteiger charge is -2.50. The third-order valence-corrected chi connectivity index (χ3v) is 33.7. The lowest BCUT2D eigenvalue weighted by molar-refractivity contribution is 0.195. The van der Waals surface area contributed by atoms with Crippen LogP contribution in [0.25, 0.3) is 121 Å². The number of para-hydroxylation sites is 7. The van der Waals surface area contributed by atoms with Crippen molar-refractivity contribution in [2.45, 2.75) is 221 Å². The molecule has 12 heteroatoms. The fraction of sp³-hybridized carbons (Fsp3) is 0.279. The molecule has 664 valence electrons. The summed E-state index contributed by atoms with van der Waals surface area (Å²) >= 11 is 0. The first kappa shape index (κ1) is 82.6. The highest BCUT2D eigenvalue weighted by Gasteiger charge is 2.61. The van der Waals surface area contributed by atoms with Crippen molar-refractivity contribution in [1.82, 2.24) is 9.13 Å². The van der Waals surface area contributed by atoms with Crippen molar-refractivity contribution in [3.63, 3.8) is 0 Å². The maximum Gasteiger partial charge on any atom is 0.252 e. The van der Waals surface area contributed by atoms with Crippen LogP contribution >= 0.6 is 0 Å². The van der Waals surface area contributed by atoms with Gasteiger partial charge in [-0.05, 0) is 230 Å². The lowest BCUT2D eigenvalue weighted by atomic mass is 9.33. The largest absolute Gasteiger partial charge is 0.456 e. The van der Waals surface area contributed by atoms with Gasteiger partial charge in [0, 0.05) is 105 Å². The van der Waals surface area contributed by atoms with E-state index in [1.165, 1.54) is 194 Å². The molecule has 4 atom stereocenters. The van der Waals surface area contributed by atoms with Gasteiger partial charge in [0.05, 0.1) is 49.6 Å². The van der Waals surface area contributed by atoms with Crippen LogP contribution in [0.15, 0.2) is 285 Å². The quantitative estimate of drug-likeness (QED) is 0.161. The van der Waals surface area contributed by atoms with Gasteiger partial charge in [0.15, 0.2) is 5.58 Å². The van der Waals surface area contributed by atoms with Gasteiger partial charge in [-0.1, -0.05) is 301 Å². The minimum Gasteiger partial charge on any atom is -0.456 e. The van der Waals surface area contributed by atoms with E-state index in [2.05, 4.69) is 406 Å². The number of anilines is 10. The molecular weight excluding hydrogens is 1640 g/mol. The van der Waals surface area contributed by atoms with Gasteiger partial charge in [0.25, 0.3) is 13.4 Å². The van der Waals surface area contributed by atoms with Gasteiger partial charge < -0.3 is 37.3 Å². The first-order valence-electron chi connectivity index (χ1n) is 48.4. The molecule has 8 aliphatic rings. The number of nitrogens with zero attached hydrogens (tertiary/aromatic N) is 6.